The monoisotopic (exact) mass is 518 g/mol. The van der Waals surface area contributed by atoms with Crippen LogP contribution in [-0.4, -0.2) is 66.5 Å². The van der Waals surface area contributed by atoms with Gasteiger partial charge in [0.1, 0.15) is 0 Å². The number of methoxy groups -OCH3 is 2. The van der Waals surface area contributed by atoms with Gasteiger partial charge in [0.15, 0.2) is 11.5 Å². The summed E-state index contributed by atoms with van der Waals surface area (Å²) in [6.45, 7) is 7.19. The molecule has 1 aliphatic heterocycles. The third-order valence-corrected chi connectivity index (χ3v) is 8.13. The summed E-state index contributed by atoms with van der Waals surface area (Å²) in [5.41, 5.74) is 2.99. The molecule has 0 atom stereocenters. The van der Waals surface area contributed by atoms with Crippen molar-refractivity contribution in [3.8, 4) is 11.5 Å². The number of hydrogen-bond donors (Lipinski definition) is 2. The summed E-state index contributed by atoms with van der Waals surface area (Å²) >= 11 is 0. The second kappa shape index (κ2) is 12.8. The Morgan fingerprint density at radius 3 is 2.06 bits per heavy atom. The second-order valence-corrected chi connectivity index (χ2v) is 11.4. The summed E-state index contributed by atoms with van der Waals surface area (Å²) in [5.74, 6) is 1.38. The van der Waals surface area contributed by atoms with Gasteiger partial charge in [-0.25, -0.2) is 13.1 Å². The molecule has 0 aromatic heterocycles. The van der Waals surface area contributed by atoms with Crippen LogP contribution in [-0.2, 0) is 14.8 Å². The number of nitrogens with zero attached hydrogens (tertiary/aromatic N) is 2. The number of anilines is 3. The molecular weight excluding hydrogens is 480 g/mol. The van der Waals surface area contributed by atoms with E-state index in [1.54, 1.807) is 28.1 Å². The van der Waals surface area contributed by atoms with Crippen LogP contribution >= 0.6 is 0 Å². The maximum absolute atomic E-state index is 12.2. The van der Waals surface area contributed by atoms with Gasteiger partial charge >= 0.3 is 0 Å². The van der Waals surface area contributed by atoms with Crippen LogP contribution in [0.3, 0.4) is 0 Å². The Morgan fingerprint density at radius 1 is 0.889 bits per heavy atom. The standard InChI is InChI=1S/C26H38N4O5S/c1-20(2)36(32,33)27-14-6-5-7-26(31)28-21-8-10-22(11-9-21)29-15-17-30(18-16-29)23-12-13-24(34-3)25(19-23)35-4/h8-13,19-20,27H,5-7,14-18H2,1-4H3,(H,28,31). The van der Waals surface area contributed by atoms with E-state index in [4.69, 9.17) is 9.47 Å². The number of nitrogens with one attached hydrogen (secondary N) is 2. The highest BCUT2D eigenvalue weighted by atomic mass is 32.2. The predicted molar refractivity (Wildman–Crippen MR) is 145 cm³/mol. The van der Waals surface area contributed by atoms with Crippen molar-refractivity contribution >= 4 is 33.0 Å². The van der Waals surface area contributed by atoms with Crippen molar-refractivity contribution in [3.05, 3.63) is 42.5 Å². The SMILES string of the molecule is COc1ccc(N2CCN(c3ccc(NC(=O)CCCCNS(=O)(=O)C(C)C)cc3)CC2)cc1OC. The lowest BCUT2D eigenvalue weighted by molar-refractivity contribution is -0.116. The largest absolute Gasteiger partial charge is 0.493 e. The van der Waals surface area contributed by atoms with Gasteiger partial charge in [-0.1, -0.05) is 0 Å². The van der Waals surface area contributed by atoms with E-state index in [0.717, 1.165) is 54.7 Å². The van der Waals surface area contributed by atoms with Gasteiger partial charge in [-0.2, -0.15) is 0 Å². The molecule has 1 heterocycles. The average Bonchev–Trinajstić information content (AvgIpc) is 2.88. The van der Waals surface area contributed by atoms with Crippen LogP contribution in [0.25, 0.3) is 0 Å². The van der Waals surface area contributed by atoms with Gasteiger partial charge in [0.25, 0.3) is 0 Å². The molecule has 198 valence electrons. The minimum absolute atomic E-state index is 0.0713. The Kier molecular flexibility index (Phi) is 9.83. The number of rotatable bonds is 12. The molecule has 0 radical (unpaired) electrons. The number of hydrogen-bond acceptors (Lipinski definition) is 7. The fraction of sp³-hybridized carbons (Fsp3) is 0.500. The van der Waals surface area contributed by atoms with Crippen LogP contribution in [0.2, 0.25) is 0 Å². The molecule has 3 rings (SSSR count). The first-order chi connectivity index (χ1) is 17.2. The molecule has 0 saturated carbocycles. The highest BCUT2D eigenvalue weighted by molar-refractivity contribution is 7.90. The fourth-order valence-electron chi connectivity index (χ4n) is 4.02. The summed E-state index contributed by atoms with van der Waals surface area (Å²) in [6, 6.07) is 13.9. The first kappa shape index (κ1) is 27.6. The van der Waals surface area contributed by atoms with Crippen LogP contribution in [0.5, 0.6) is 11.5 Å². The Balaban J connectivity index is 1.42. The molecule has 0 spiro atoms. The summed E-state index contributed by atoms with van der Waals surface area (Å²) in [6.07, 6.45) is 1.59. The molecule has 2 N–H and O–H groups in total. The van der Waals surface area contributed by atoms with Crippen molar-refractivity contribution in [1.82, 2.24) is 4.72 Å². The molecule has 2 aromatic carbocycles. The van der Waals surface area contributed by atoms with Gasteiger partial charge in [0.2, 0.25) is 15.9 Å². The number of unbranched alkanes of at least 4 members (excludes halogenated alkanes) is 1. The van der Waals surface area contributed by atoms with Gasteiger partial charge in [-0.3, -0.25) is 4.79 Å². The lowest BCUT2D eigenvalue weighted by Gasteiger charge is -2.37. The molecule has 10 heteroatoms. The quantitative estimate of drug-likeness (QED) is 0.415. The zero-order valence-corrected chi connectivity index (χ0v) is 22.4. The van der Waals surface area contributed by atoms with Gasteiger partial charge < -0.3 is 24.6 Å². The summed E-state index contributed by atoms with van der Waals surface area (Å²) in [7, 11) is 0.0305. The van der Waals surface area contributed by atoms with Crippen molar-refractivity contribution in [3.63, 3.8) is 0 Å². The maximum Gasteiger partial charge on any atom is 0.224 e. The van der Waals surface area contributed by atoms with Crippen molar-refractivity contribution in [2.24, 2.45) is 0 Å². The molecule has 36 heavy (non-hydrogen) atoms. The zero-order chi connectivity index (χ0) is 26.1. The van der Waals surface area contributed by atoms with E-state index >= 15 is 0 Å². The smallest absolute Gasteiger partial charge is 0.224 e. The minimum Gasteiger partial charge on any atom is -0.493 e. The van der Waals surface area contributed by atoms with Crippen LogP contribution in [0.15, 0.2) is 42.5 Å². The maximum atomic E-state index is 12.2. The van der Waals surface area contributed by atoms with E-state index in [9.17, 15) is 13.2 Å². The predicted octanol–water partition coefficient (Wildman–Crippen LogP) is 3.47. The number of piperazine rings is 1. The molecular formula is C26H38N4O5S. The third-order valence-electron chi connectivity index (χ3n) is 6.28. The zero-order valence-electron chi connectivity index (χ0n) is 21.6. The van der Waals surface area contributed by atoms with Gasteiger partial charge in [-0.05, 0) is 63.1 Å². The second-order valence-electron chi connectivity index (χ2n) is 9.05. The Hall–Kier alpha value is -2.98. The first-order valence-electron chi connectivity index (χ1n) is 12.3. The van der Waals surface area contributed by atoms with Crippen molar-refractivity contribution in [1.29, 1.82) is 0 Å². The number of amides is 1. The topological polar surface area (TPSA) is 100 Å². The number of ether oxygens (including phenoxy) is 2. The molecule has 0 unspecified atom stereocenters. The van der Waals surface area contributed by atoms with Crippen LogP contribution < -0.4 is 29.3 Å². The number of carbonyl (C=O) groups excluding carboxylic acids is 1. The number of sulfonamides is 1. The van der Waals surface area contributed by atoms with Crippen LogP contribution in [0.4, 0.5) is 17.1 Å². The molecule has 1 saturated heterocycles. The Bertz CT molecular complexity index is 1100. The Morgan fingerprint density at radius 2 is 1.47 bits per heavy atom. The van der Waals surface area contributed by atoms with E-state index in [1.807, 2.05) is 36.4 Å². The van der Waals surface area contributed by atoms with E-state index in [2.05, 4.69) is 25.9 Å². The van der Waals surface area contributed by atoms with Gasteiger partial charge in [-0.15, -0.1) is 0 Å². The highest BCUT2D eigenvalue weighted by Gasteiger charge is 2.19. The van der Waals surface area contributed by atoms with Crippen molar-refractivity contribution in [2.75, 3.05) is 62.1 Å². The molecule has 1 aliphatic rings. The normalized spacial score (nSPS) is 14.1. The lowest BCUT2D eigenvalue weighted by atomic mass is 10.2. The summed E-state index contributed by atoms with van der Waals surface area (Å²) < 4.78 is 36.8. The van der Waals surface area contributed by atoms with Gasteiger partial charge in [0, 0.05) is 62.3 Å². The first-order valence-corrected chi connectivity index (χ1v) is 13.9. The molecule has 2 aromatic rings. The molecule has 0 aliphatic carbocycles. The number of benzene rings is 2. The van der Waals surface area contributed by atoms with E-state index in [-0.39, 0.29) is 5.91 Å². The minimum atomic E-state index is -3.25. The van der Waals surface area contributed by atoms with Crippen LogP contribution in [0.1, 0.15) is 33.1 Å². The lowest BCUT2D eigenvalue weighted by Crippen LogP contribution is -2.46. The number of carbonyl (C=O) groups is 1. The Labute approximate surface area is 214 Å². The molecule has 1 fully saturated rings. The van der Waals surface area contributed by atoms with Crippen LogP contribution in [0, 0.1) is 0 Å². The van der Waals surface area contributed by atoms with Crippen molar-refractivity contribution < 1.29 is 22.7 Å². The molecule has 0 bridgehead atoms. The fourth-order valence-corrected chi connectivity index (χ4v) is 4.78. The highest BCUT2D eigenvalue weighted by Crippen LogP contribution is 2.32. The van der Waals surface area contributed by atoms with Crippen molar-refractivity contribution in [2.45, 2.75) is 38.4 Å². The molecule has 1 amide bonds. The third kappa shape index (κ3) is 7.51. The summed E-state index contributed by atoms with van der Waals surface area (Å²) in [4.78, 5) is 16.9. The summed E-state index contributed by atoms with van der Waals surface area (Å²) in [5, 5.41) is 2.47. The van der Waals surface area contributed by atoms with E-state index < -0.39 is 15.3 Å². The average molecular weight is 519 g/mol. The van der Waals surface area contributed by atoms with E-state index in [1.165, 1.54) is 0 Å². The van der Waals surface area contributed by atoms with E-state index in [0.29, 0.717) is 25.8 Å². The van der Waals surface area contributed by atoms with Gasteiger partial charge in [0.05, 0.1) is 19.5 Å². The molecule has 9 nitrogen and oxygen atoms in total.